The summed E-state index contributed by atoms with van der Waals surface area (Å²) in [6.07, 6.45) is -4.41. The van der Waals surface area contributed by atoms with Gasteiger partial charge in [0.15, 0.2) is 0 Å². The zero-order chi connectivity index (χ0) is 15.6. The highest BCUT2D eigenvalue weighted by atomic mass is 79.9. The van der Waals surface area contributed by atoms with Crippen LogP contribution in [0.5, 0.6) is 0 Å². The molecule has 1 saturated heterocycles. The lowest BCUT2D eigenvalue weighted by molar-refractivity contribution is -0.138. The molecule has 0 aromatic heterocycles. The molecular weight excluding hydrogens is 353 g/mol. The average molecular weight is 367 g/mol. The number of alkyl halides is 3. The number of benzene rings is 1. The Labute approximate surface area is 128 Å². The molecule has 21 heavy (non-hydrogen) atoms. The summed E-state index contributed by atoms with van der Waals surface area (Å²) in [4.78, 5) is 14.0. The van der Waals surface area contributed by atoms with Crippen LogP contribution in [-0.2, 0) is 11.0 Å². The normalized spacial score (nSPS) is 17.0. The number of aliphatic carboxylic acids is 1. The maximum Gasteiger partial charge on any atom is 0.418 e. The summed E-state index contributed by atoms with van der Waals surface area (Å²) in [6.45, 7) is 1.50. The summed E-state index contributed by atoms with van der Waals surface area (Å²) in [5.74, 6) is -0.929. The molecule has 2 rings (SSSR count). The van der Waals surface area contributed by atoms with Gasteiger partial charge in [-0.3, -0.25) is 9.69 Å². The van der Waals surface area contributed by atoms with Crippen LogP contribution in [0.4, 0.5) is 18.9 Å². The van der Waals surface area contributed by atoms with Crippen LogP contribution in [0.1, 0.15) is 5.56 Å². The van der Waals surface area contributed by atoms with Crippen molar-refractivity contribution in [3.8, 4) is 0 Å². The molecule has 4 nitrogen and oxygen atoms in total. The molecule has 1 aliphatic heterocycles. The highest BCUT2D eigenvalue weighted by Gasteiger charge is 2.35. The fourth-order valence-corrected chi connectivity index (χ4v) is 2.69. The van der Waals surface area contributed by atoms with Crippen LogP contribution in [0.2, 0.25) is 0 Å². The lowest BCUT2D eigenvalue weighted by Gasteiger charge is -2.36. The minimum Gasteiger partial charge on any atom is -0.480 e. The van der Waals surface area contributed by atoms with Crippen molar-refractivity contribution in [3.05, 3.63) is 28.2 Å². The lowest BCUT2D eigenvalue weighted by Crippen LogP contribution is -2.48. The van der Waals surface area contributed by atoms with Crippen molar-refractivity contribution >= 4 is 27.6 Å². The summed E-state index contributed by atoms with van der Waals surface area (Å²) < 4.78 is 39.7. The number of piperazine rings is 1. The van der Waals surface area contributed by atoms with E-state index in [2.05, 4.69) is 15.9 Å². The molecule has 1 N–H and O–H groups in total. The summed E-state index contributed by atoms with van der Waals surface area (Å²) in [7, 11) is 0. The van der Waals surface area contributed by atoms with Gasteiger partial charge in [-0.2, -0.15) is 13.2 Å². The maximum atomic E-state index is 13.1. The highest BCUT2D eigenvalue weighted by Crippen LogP contribution is 2.38. The van der Waals surface area contributed by atoms with E-state index < -0.39 is 17.7 Å². The molecule has 1 heterocycles. The molecule has 8 heteroatoms. The topological polar surface area (TPSA) is 43.8 Å². The number of rotatable bonds is 3. The van der Waals surface area contributed by atoms with Crippen molar-refractivity contribution < 1.29 is 23.1 Å². The van der Waals surface area contributed by atoms with E-state index in [-0.39, 0.29) is 12.2 Å². The molecule has 1 aromatic rings. The van der Waals surface area contributed by atoms with Gasteiger partial charge in [-0.05, 0) is 18.2 Å². The van der Waals surface area contributed by atoms with Gasteiger partial charge in [-0.25, -0.2) is 0 Å². The Hall–Kier alpha value is -1.28. The average Bonchev–Trinajstić information content (AvgIpc) is 2.37. The molecule has 1 aromatic carbocycles. The van der Waals surface area contributed by atoms with Gasteiger partial charge in [0.1, 0.15) is 0 Å². The van der Waals surface area contributed by atoms with Crippen LogP contribution in [0.25, 0.3) is 0 Å². The van der Waals surface area contributed by atoms with Crippen LogP contribution in [0.15, 0.2) is 22.7 Å². The van der Waals surface area contributed by atoms with Crippen LogP contribution < -0.4 is 4.90 Å². The zero-order valence-electron chi connectivity index (χ0n) is 11.0. The van der Waals surface area contributed by atoms with Crippen LogP contribution in [0, 0.1) is 0 Å². The van der Waals surface area contributed by atoms with Crippen molar-refractivity contribution in [1.29, 1.82) is 0 Å². The second-order valence-corrected chi connectivity index (χ2v) is 5.73. The third kappa shape index (κ3) is 4.10. The van der Waals surface area contributed by atoms with Gasteiger partial charge in [0.05, 0.1) is 17.8 Å². The number of hydrogen-bond donors (Lipinski definition) is 1. The van der Waals surface area contributed by atoms with Crippen LogP contribution in [-0.4, -0.2) is 48.7 Å². The van der Waals surface area contributed by atoms with E-state index >= 15 is 0 Å². The first-order chi connectivity index (χ1) is 9.77. The quantitative estimate of drug-likeness (QED) is 0.892. The first-order valence-electron chi connectivity index (χ1n) is 6.33. The molecular formula is C13H14BrF3N2O2. The van der Waals surface area contributed by atoms with E-state index in [1.54, 1.807) is 9.80 Å². The van der Waals surface area contributed by atoms with Gasteiger partial charge in [0.25, 0.3) is 0 Å². The second kappa shape index (κ2) is 6.23. The van der Waals surface area contributed by atoms with Crippen molar-refractivity contribution in [2.75, 3.05) is 37.6 Å². The highest BCUT2D eigenvalue weighted by molar-refractivity contribution is 9.10. The van der Waals surface area contributed by atoms with Crippen LogP contribution in [0.3, 0.4) is 0 Å². The lowest BCUT2D eigenvalue weighted by atomic mass is 10.1. The van der Waals surface area contributed by atoms with Gasteiger partial charge < -0.3 is 10.0 Å². The molecule has 0 saturated carbocycles. The van der Waals surface area contributed by atoms with E-state index in [1.807, 2.05) is 0 Å². The Morgan fingerprint density at radius 3 is 2.38 bits per heavy atom. The molecule has 0 unspecified atom stereocenters. The van der Waals surface area contributed by atoms with Crippen molar-refractivity contribution in [2.24, 2.45) is 0 Å². The van der Waals surface area contributed by atoms with E-state index in [1.165, 1.54) is 12.1 Å². The van der Waals surface area contributed by atoms with Gasteiger partial charge in [0.2, 0.25) is 0 Å². The first kappa shape index (κ1) is 16.1. The predicted molar refractivity (Wildman–Crippen MR) is 75.4 cm³/mol. The second-order valence-electron chi connectivity index (χ2n) is 4.82. The number of anilines is 1. The SMILES string of the molecule is O=C(O)CN1CCN(c2cc(Br)ccc2C(F)(F)F)CC1. The largest absolute Gasteiger partial charge is 0.480 e. The molecule has 0 radical (unpaired) electrons. The fourth-order valence-electron chi connectivity index (χ4n) is 2.34. The smallest absolute Gasteiger partial charge is 0.418 e. The number of carboxylic acids is 1. The number of carboxylic acid groups (broad SMARTS) is 1. The summed E-state index contributed by atoms with van der Waals surface area (Å²) >= 11 is 3.19. The summed E-state index contributed by atoms with van der Waals surface area (Å²) in [6, 6.07) is 3.88. The first-order valence-corrected chi connectivity index (χ1v) is 7.12. The fraction of sp³-hybridized carbons (Fsp3) is 0.462. The van der Waals surface area contributed by atoms with Gasteiger partial charge >= 0.3 is 12.1 Å². The predicted octanol–water partition coefficient (Wildman–Crippen LogP) is 2.67. The van der Waals surface area contributed by atoms with Crippen molar-refractivity contribution in [1.82, 2.24) is 4.90 Å². The van der Waals surface area contributed by atoms with E-state index in [4.69, 9.17) is 5.11 Å². The minimum absolute atomic E-state index is 0.0849. The number of hydrogen-bond acceptors (Lipinski definition) is 3. The van der Waals surface area contributed by atoms with Gasteiger partial charge in [-0.15, -0.1) is 0 Å². The molecule has 1 fully saturated rings. The number of nitrogens with zero attached hydrogens (tertiary/aromatic N) is 2. The summed E-state index contributed by atoms with van der Waals surface area (Å²) in [5.41, 5.74) is -0.538. The Morgan fingerprint density at radius 2 is 1.86 bits per heavy atom. The molecule has 0 aliphatic carbocycles. The Bertz CT molecular complexity index is 529. The molecule has 0 amide bonds. The van der Waals surface area contributed by atoms with E-state index in [0.29, 0.717) is 30.7 Å². The number of halogens is 4. The van der Waals surface area contributed by atoms with Gasteiger partial charge in [-0.1, -0.05) is 15.9 Å². The van der Waals surface area contributed by atoms with Gasteiger partial charge in [0, 0.05) is 30.7 Å². The third-order valence-electron chi connectivity index (χ3n) is 3.34. The third-order valence-corrected chi connectivity index (χ3v) is 3.83. The summed E-state index contributed by atoms with van der Waals surface area (Å²) in [5, 5.41) is 8.73. The van der Waals surface area contributed by atoms with Crippen molar-refractivity contribution in [3.63, 3.8) is 0 Å². The van der Waals surface area contributed by atoms with Crippen LogP contribution >= 0.6 is 15.9 Å². The zero-order valence-corrected chi connectivity index (χ0v) is 12.6. The van der Waals surface area contributed by atoms with E-state index in [0.717, 1.165) is 6.07 Å². The minimum atomic E-state index is -4.41. The molecule has 0 bridgehead atoms. The molecule has 1 aliphatic rings. The monoisotopic (exact) mass is 366 g/mol. The molecule has 116 valence electrons. The van der Waals surface area contributed by atoms with Crippen molar-refractivity contribution in [2.45, 2.75) is 6.18 Å². The molecule has 0 atom stereocenters. The Morgan fingerprint density at radius 1 is 1.24 bits per heavy atom. The van der Waals surface area contributed by atoms with E-state index in [9.17, 15) is 18.0 Å². The molecule has 0 spiro atoms. The Balaban J connectivity index is 2.16. The standard InChI is InChI=1S/C13H14BrF3N2O2/c14-9-1-2-10(13(15,16)17)11(7-9)19-5-3-18(4-6-19)8-12(20)21/h1-2,7H,3-6,8H2,(H,20,21). The maximum absolute atomic E-state index is 13.1. The Kier molecular flexibility index (Phi) is 4.77. The number of carbonyl (C=O) groups is 1.